The van der Waals surface area contributed by atoms with Crippen LogP contribution in [0.1, 0.15) is 19.3 Å². The van der Waals surface area contributed by atoms with Gasteiger partial charge < -0.3 is 10.0 Å². The molecule has 1 aromatic heterocycles. The summed E-state index contributed by atoms with van der Waals surface area (Å²) >= 11 is 0. The molecule has 0 radical (unpaired) electrons. The van der Waals surface area contributed by atoms with Gasteiger partial charge in [-0.15, -0.1) is 0 Å². The number of phenolic OH excluding ortho intramolecular Hbond substituents is 1. The lowest BCUT2D eigenvalue weighted by Gasteiger charge is -2.27. The number of anilines is 1. The molecule has 4 heteroatoms. The number of para-hydroxylation sites is 1. The smallest absolute Gasteiger partial charge is 0.226 e. The second-order valence-electron chi connectivity index (χ2n) is 6.37. The molecule has 1 N–H and O–H groups in total. The van der Waals surface area contributed by atoms with Crippen molar-refractivity contribution in [2.24, 2.45) is 0 Å². The Labute approximate surface area is 147 Å². The Morgan fingerprint density at radius 1 is 0.760 bits per heavy atom. The van der Waals surface area contributed by atoms with Crippen LogP contribution in [0.2, 0.25) is 0 Å². The summed E-state index contributed by atoms with van der Waals surface area (Å²) in [6, 6.07) is 19.4. The maximum atomic E-state index is 10.3. The van der Waals surface area contributed by atoms with Gasteiger partial charge in [-0.1, -0.05) is 42.5 Å². The van der Waals surface area contributed by atoms with E-state index in [0.29, 0.717) is 0 Å². The molecule has 25 heavy (non-hydrogen) atoms. The number of piperidine rings is 1. The third-order valence-electron chi connectivity index (χ3n) is 4.60. The predicted octanol–water partition coefficient (Wildman–Crippen LogP) is 4.51. The van der Waals surface area contributed by atoms with E-state index < -0.39 is 0 Å². The molecule has 126 valence electrons. The van der Waals surface area contributed by atoms with Gasteiger partial charge in [0.2, 0.25) is 5.95 Å². The summed E-state index contributed by atoms with van der Waals surface area (Å²) in [7, 11) is 0. The van der Waals surface area contributed by atoms with E-state index in [4.69, 9.17) is 9.97 Å². The molecular formula is C21H21N3O. The Balaban J connectivity index is 1.84. The maximum Gasteiger partial charge on any atom is 0.226 e. The first kappa shape index (κ1) is 15.6. The van der Waals surface area contributed by atoms with Gasteiger partial charge in [-0.3, -0.25) is 0 Å². The lowest BCUT2D eigenvalue weighted by Crippen LogP contribution is -2.31. The fraction of sp³-hybridized carbons (Fsp3) is 0.238. The largest absolute Gasteiger partial charge is 0.507 e. The minimum atomic E-state index is 0.241. The zero-order chi connectivity index (χ0) is 17.1. The quantitative estimate of drug-likeness (QED) is 0.767. The van der Waals surface area contributed by atoms with Gasteiger partial charge in [-0.25, -0.2) is 9.97 Å². The minimum absolute atomic E-state index is 0.241. The molecule has 1 fully saturated rings. The van der Waals surface area contributed by atoms with Gasteiger partial charge in [0, 0.05) is 24.2 Å². The number of aromatic hydroxyl groups is 1. The van der Waals surface area contributed by atoms with E-state index in [1.807, 2.05) is 42.5 Å². The van der Waals surface area contributed by atoms with E-state index in [9.17, 15) is 5.11 Å². The highest BCUT2D eigenvalue weighted by atomic mass is 16.3. The second-order valence-corrected chi connectivity index (χ2v) is 6.37. The number of benzene rings is 2. The van der Waals surface area contributed by atoms with E-state index in [1.54, 1.807) is 6.07 Å². The average molecular weight is 331 g/mol. The Morgan fingerprint density at radius 2 is 1.44 bits per heavy atom. The van der Waals surface area contributed by atoms with Crippen LogP contribution in [0.25, 0.3) is 22.5 Å². The summed E-state index contributed by atoms with van der Waals surface area (Å²) in [5.74, 6) is 0.990. The van der Waals surface area contributed by atoms with Crippen molar-refractivity contribution < 1.29 is 5.11 Å². The van der Waals surface area contributed by atoms with Crippen molar-refractivity contribution >= 4 is 5.95 Å². The number of hydrogen-bond acceptors (Lipinski definition) is 4. The molecule has 0 spiro atoms. The number of nitrogens with zero attached hydrogens (tertiary/aromatic N) is 3. The third-order valence-corrected chi connectivity index (χ3v) is 4.60. The number of rotatable bonds is 3. The first-order valence-corrected chi connectivity index (χ1v) is 8.79. The van der Waals surface area contributed by atoms with E-state index in [-0.39, 0.29) is 5.75 Å². The van der Waals surface area contributed by atoms with Crippen LogP contribution in [0.5, 0.6) is 5.75 Å². The van der Waals surface area contributed by atoms with Crippen LogP contribution in [0.4, 0.5) is 5.95 Å². The normalized spacial score (nSPS) is 14.5. The Morgan fingerprint density at radius 3 is 2.20 bits per heavy atom. The Bertz CT molecular complexity index is 858. The molecule has 0 bridgehead atoms. The molecule has 0 unspecified atom stereocenters. The lowest BCUT2D eigenvalue weighted by molar-refractivity contribution is 0.477. The van der Waals surface area contributed by atoms with Gasteiger partial charge in [0.15, 0.2) is 0 Å². The standard InChI is InChI=1S/C21H21N3O/c25-20-12-6-5-11-17(20)19-15-18(16-9-3-1-4-10-16)22-21(23-19)24-13-7-2-8-14-24/h1,3-6,9-12,15,25H,2,7-8,13-14H2. The Kier molecular flexibility index (Phi) is 4.34. The highest BCUT2D eigenvalue weighted by molar-refractivity contribution is 5.73. The fourth-order valence-electron chi connectivity index (χ4n) is 3.25. The van der Waals surface area contributed by atoms with Crippen LogP contribution in [-0.4, -0.2) is 28.2 Å². The summed E-state index contributed by atoms with van der Waals surface area (Å²) < 4.78 is 0. The highest BCUT2D eigenvalue weighted by Crippen LogP contribution is 2.31. The van der Waals surface area contributed by atoms with Crippen molar-refractivity contribution in [1.82, 2.24) is 9.97 Å². The van der Waals surface area contributed by atoms with Crippen molar-refractivity contribution in [3.8, 4) is 28.3 Å². The molecule has 0 amide bonds. The van der Waals surface area contributed by atoms with E-state index in [1.165, 1.54) is 19.3 Å². The topological polar surface area (TPSA) is 49.3 Å². The SMILES string of the molecule is Oc1ccccc1-c1cc(-c2ccccc2)nc(N2CCCCC2)n1. The fourth-order valence-corrected chi connectivity index (χ4v) is 3.25. The van der Waals surface area contributed by atoms with Crippen molar-refractivity contribution in [2.45, 2.75) is 19.3 Å². The first-order valence-electron chi connectivity index (χ1n) is 8.79. The van der Waals surface area contributed by atoms with Gasteiger partial charge in [0.1, 0.15) is 5.75 Å². The van der Waals surface area contributed by atoms with Gasteiger partial charge in [0.05, 0.1) is 11.4 Å². The summed E-state index contributed by atoms with van der Waals surface area (Å²) in [4.78, 5) is 11.8. The molecule has 1 saturated heterocycles. The first-order chi connectivity index (χ1) is 12.3. The van der Waals surface area contributed by atoms with Gasteiger partial charge in [-0.05, 0) is 37.5 Å². The van der Waals surface area contributed by atoms with E-state index in [0.717, 1.165) is 41.6 Å². The van der Waals surface area contributed by atoms with Crippen molar-refractivity contribution in [1.29, 1.82) is 0 Å². The molecule has 3 aromatic rings. The van der Waals surface area contributed by atoms with Gasteiger partial charge >= 0.3 is 0 Å². The molecule has 4 rings (SSSR count). The zero-order valence-corrected chi connectivity index (χ0v) is 14.1. The van der Waals surface area contributed by atoms with Crippen LogP contribution in [0.3, 0.4) is 0 Å². The lowest BCUT2D eigenvalue weighted by atomic mass is 10.1. The molecule has 2 heterocycles. The summed E-state index contributed by atoms with van der Waals surface area (Å²) in [5.41, 5.74) is 3.43. The monoisotopic (exact) mass is 331 g/mol. The molecule has 0 aliphatic carbocycles. The van der Waals surface area contributed by atoms with Crippen LogP contribution in [0, 0.1) is 0 Å². The summed E-state index contributed by atoms with van der Waals surface area (Å²) in [6.07, 6.45) is 3.61. The molecular weight excluding hydrogens is 310 g/mol. The van der Waals surface area contributed by atoms with Crippen molar-refractivity contribution in [3.05, 3.63) is 60.7 Å². The average Bonchev–Trinajstić information content (AvgIpc) is 2.69. The van der Waals surface area contributed by atoms with Crippen LogP contribution < -0.4 is 4.90 Å². The van der Waals surface area contributed by atoms with Crippen molar-refractivity contribution in [2.75, 3.05) is 18.0 Å². The summed E-state index contributed by atoms with van der Waals surface area (Å²) in [5, 5.41) is 10.3. The Hall–Kier alpha value is -2.88. The number of hydrogen-bond donors (Lipinski definition) is 1. The summed E-state index contributed by atoms with van der Waals surface area (Å²) in [6.45, 7) is 1.97. The van der Waals surface area contributed by atoms with Crippen molar-refractivity contribution in [3.63, 3.8) is 0 Å². The molecule has 0 saturated carbocycles. The molecule has 1 aliphatic heterocycles. The van der Waals surface area contributed by atoms with Crippen LogP contribution in [-0.2, 0) is 0 Å². The predicted molar refractivity (Wildman–Crippen MR) is 101 cm³/mol. The number of aromatic nitrogens is 2. The molecule has 2 aromatic carbocycles. The van der Waals surface area contributed by atoms with Gasteiger partial charge in [-0.2, -0.15) is 0 Å². The molecule has 0 atom stereocenters. The third kappa shape index (κ3) is 3.33. The highest BCUT2D eigenvalue weighted by Gasteiger charge is 2.17. The molecule has 4 nitrogen and oxygen atoms in total. The second kappa shape index (κ2) is 6.93. The zero-order valence-electron chi connectivity index (χ0n) is 14.1. The molecule has 1 aliphatic rings. The van der Waals surface area contributed by atoms with Crippen LogP contribution in [0.15, 0.2) is 60.7 Å². The van der Waals surface area contributed by atoms with E-state index in [2.05, 4.69) is 17.0 Å². The van der Waals surface area contributed by atoms with E-state index >= 15 is 0 Å². The minimum Gasteiger partial charge on any atom is -0.507 e. The maximum absolute atomic E-state index is 10.3. The number of phenols is 1. The van der Waals surface area contributed by atoms with Crippen LogP contribution >= 0.6 is 0 Å². The van der Waals surface area contributed by atoms with Gasteiger partial charge in [0.25, 0.3) is 0 Å².